The first kappa shape index (κ1) is 39.7. The van der Waals surface area contributed by atoms with Crippen molar-refractivity contribution in [2.24, 2.45) is 17.6 Å². The van der Waals surface area contributed by atoms with Crippen LogP contribution >= 0.6 is 33.3 Å². The van der Waals surface area contributed by atoms with Crippen LogP contribution in [0.1, 0.15) is 32.8 Å². The highest BCUT2D eigenvalue weighted by Crippen LogP contribution is 2.27. The Labute approximate surface area is 256 Å². The van der Waals surface area contributed by atoms with Crippen LogP contribution in [-0.4, -0.2) is 84.3 Å². The van der Waals surface area contributed by atoms with E-state index in [1.54, 1.807) is 54.1 Å². The SMILES string of the molecule is CCOC(=O)OC(OC(=O)CNC(=O)C(CSSCC(N)CCSC)Cc1ccccc1)C(C)C.O=C(O)C(F)(F)F. The van der Waals surface area contributed by atoms with Gasteiger partial charge in [-0.1, -0.05) is 65.8 Å². The van der Waals surface area contributed by atoms with Gasteiger partial charge in [0.15, 0.2) is 0 Å². The lowest BCUT2D eigenvalue weighted by atomic mass is 10.0. The second-order valence-corrected chi connectivity index (χ2v) is 12.5. The van der Waals surface area contributed by atoms with Gasteiger partial charge in [0.25, 0.3) is 6.29 Å². The van der Waals surface area contributed by atoms with Crippen molar-refractivity contribution >= 4 is 57.4 Å². The number of esters is 1. The fourth-order valence-electron chi connectivity index (χ4n) is 2.76. The molecule has 0 aliphatic heterocycles. The summed E-state index contributed by atoms with van der Waals surface area (Å²) in [6.45, 7) is 4.96. The van der Waals surface area contributed by atoms with Crippen LogP contribution < -0.4 is 11.1 Å². The van der Waals surface area contributed by atoms with Crippen LogP contribution in [0.2, 0.25) is 0 Å². The first-order valence-electron chi connectivity index (χ1n) is 12.8. The van der Waals surface area contributed by atoms with Crippen molar-refractivity contribution in [1.29, 1.82) is 0 Å². The summed E-state index contributed by atoms with van der Waals surface area (Å²) < 4.78 is 46.7. The summed E-state index contributed by atoms with van der Waals surface area (Å²) in [7, 11) is 3.28. The molecule has 0 radical (unpaired) electrons. The number of nitrogens with two attached hydrogens (primary N) is 1. The Morgan fingerprint density at radius 3 is 2.17 bits per heavy atom. The average Bonchev–Trinajstić information content (AvgIpc) is 2.92. The molecule has 1 amide bonds. The van der Waals surface area contributed by atoms with Gasteiger partial charge >= 0.3 is 24.3 Å². The third-order valence-corrected chi connectivity index (χ3v) is 8.17. The van der Waals surface area contributed by atoms with Crippen molar-refractivity contribution in [2.45, 2.75) is 52.1 Å². The molecule has 3 unspecified atom stereocenters. The fraction of sp³-hybridized carbons (Fsp3) is 0.615. The second-order valence-electron chi connectivity index (χ2n) is 8.92. The Balaban J connectivity index is 0.00000212. The highest BCUT2D eigenvalue weighted by atomic mass is 33.1. The number of aliphatic carboxylic acids is 1. The lowest BCUT2D eigenvalue weighted by Gasteiger charge is -2.21. The molecule has 0 aliphatic carbocycles. The number of halogens is 3. The summed E-state index contributed by atoms with van der Waals surface area (Å²) in [6, 6.07) is 9.88. The van der Waals surface area contributed by atoms with E-state index in [9.17, 15) is 27.6 Å². The monoisotopic (exact) mass is 660 g/mol. The highest BCUT2D eigenvalue weighted by Gasteiger charge is 2.38. The molecule has 0 aliphatic rings. The maximum absolute atomic E-state index is 12.9. The third-order valence-electron chi connectivity index (χ3n) is 4.94. The van der Waals surface area contributed by atoms with E-state index in [-0.39, 0.29) is 36.9 Å². The number of carbonyl (C=O) groups is 4. The minimum Gasteiger partial charge on any atom is -0.475 e. The molecule has 0 bridgehead atoms. The Morgan fingerprint density at radius 2 is 1.64 bits per heavy atom. The first-order chi connectivity index (χ1) is 19.7. The van der Waals surface area contributed by atoms with Gasteiger partial charge in [-0.2, -0.15) is 24.9 Å². The lowest BCUT2D eigenvalue weighted by Crippen LogP contribution is -2.39. The predicted molar refractivity (Wildman–Crippen MR) is 159 cm³/mol. The molecule has 1 aromatic carbocycles. The van der Waals surface area contributed by atoms with Crippen molar-refractivity contribution in [2.75, 3.05) is 36.7 Å². The maximum atomic E-state index is 12.9. The number of carboxylic acids is 1. The molecule has 0 fully saturated rings. The quantitative estimate of drug-likeness (QED) is 0.0914. The molecule has 42 heavy (non-hydrogen) atoms. The van der Waals surface area contributed by atoms with Crippen molar-refractivity contribution in [3.05, 3.63) is 35.9 Å². The predicted octanol–water partition coefficient (Wildman–Crippen LogP) is 4.76. The molecule has 0 spiro atoms. The number of ether oxygens (including phenoxy) is 3. The minimum atomic E-state index is -5.08. The number of alkyl halides is 3. The molecule has 0 aromatic heterocycles. The van der Waals surface area contributed by atoms with Gasteiger partial charge in [-0.3, -0.25) is 9.59 Å². The second kappa shape index (κ2) is 22.3. The lowest BCUT2D eigenvalue weighted by molar-refractivity contribution is -0.192. The van der Waals surface area contributed by atoms with Gasteiger partial charge in [0.2, 0.25) is 5.91 Å². The molecule has 0 heterocycles. The molecule has 10 nitrogen and oxygen atoms in total. The van der Waals surface area contributed by atoms with E-state index in [1.165, 1.54) is 0 Å². The van der Waals surface area contributed by atoms with Crippen LogP contribution in [0.25, 0.3) is 0 Å². The smallest absolute Gasteiger partial charge is 0.475 e. The number of rotatable bonds is 17. The van der Waals surface area contributed by atoms with E-state index in [4.69, 9.17) is 29.8 Å². The van der Waals surface area contributed by atoms with E-state index in [2.05, 4.69) is 11.6 Å². The zero-order valence-electron chi connectivity index (χ0n) is 23.9. The Kier molecular flexibility index (Phi) is 21.0. The summed E-state index contributed by atoms with van der Waals surface area (Å²) in [6.07, 6.45) is -3.52. The molecule has 0 saturated heterocycles. The molecule has 4 N–H and O–H groups in total. The van der Waals surface area contributed by atoms with Gasteiger partial charge in [0, 0.05) is 23.5 Å². The molecule has 3 atom stereocenters. The summed E-state index contributed by atoms with van der Waals surface area (Å²) in [5.74, 6) is -1.87. The van der Waals surface area contributed by atoms with E-state index in [0.29, 0.717) is 12.2 Å². The highest BCUT2D eigenvalue weighted by molar-refractivity contribution is 8.76. The van der Waals surface area contributed by atoms with Gasteiger partial charge < -0.3 is 30.4 Å². The van der Waals surface area contributed by atoms with Gasteiger partial charge in [-0.05, 0) is 37.3 Å². The molecule has 240 valence electrons. The van der Waals surface area contributed by atoms with Crippen molar-refractivity contribution < 1.29 is 51.7 Å². The van der Waals surface area contributed by atoms with Crippen LogP contribution in [0.5, 0.6) is 0 Å². The fourth-order valence-corrected chi connectivity index (χ4v) is 5.86. The van der Waals surface area contributed by atoms with Crippen molar-refractivity contribution in [3.63, 3.8) is 0 Å². The van der Waals surface area contributed by atoms with Crippen LogP contribution in [0.4, 0.5) is 18.0 Å². The number of thioether (sulfide) groups is 1. The number of carbonyl (C=O) groups excluding carboxylic acids is 3. The summed E-state index contributed by atoms with van der Waals surface area (Å²) >= 11 is 1.78. The van der Waals surface area contributed by atoms with E-state index >= 15 is 0 Å². The molecule has 1 rings (SSSR count). The molecular weight excluding hydrogens is 621 g/mol. The van der Waals surface area contributed by atoms with Gasteiger partial charge in [0.1, 0.15) is 6.54 Å². The minimum absolute atomic E-state index is 0.127. The summed E-state index contributed by atoms with van der Waals surface area (Å²) in [4.78, 5) is 45.7. The van der Waals surface area contributed by atoms with E-state index < -0.39 is 30.6 Å². The van der Waals surface area contributed by atoms with Crippen LogP contribution in [0.3, 0.4) is 0 Å². The van der Waals surface area contributed by atoms with Gasteiger partial charge in [0.05, 0.1) is 12.5 Å². The number of hydrogen-bond donors (Lipinski definition) is 3. The largest absolute Gasteiger partial charge is 0.511 e. The Bertz CT molecular complexity index is 943. The van der Waals surface area contributed by atoms with Crippen LogP contribution in [0, 0.1) is 11.8 Å². The van der Waals surface area contributed by atoms with Crippen LogP contribution in [0.15, 0.2) is 30.3 Å². The molecule has 0 saturated carbocycles. The van der Waals surface area contributed by atoms with Gasteiger partial charge in [-0.25, -0.2) is 9.59 Å². The topological polar surface area (TPSA) is 154 Å². The van der Waals surface area contributed by atoms with Crippen molar-refractivity contribution in [3.8, 4) is 0 Å². The number of amides is 1. The summed E-state index contributed by atoms with van der Waals surface area (Å²) in [5.41, 5.74) is 7.17. The van der Waals surface area contributed by atoms with Crippen molar-refractivity contribution in [1.82, 2.24) is 5.32 Å². The summed E-state index contributed by atoms with van der Waals surface area (Å²) in [5, 5.41) is 9.79. The Morgan fingerprint density at radius 1 is 1.05 bits per heavy atom. The number of nitrogens with one attached hydrogen (secondary N) is 1. The average molecular weight is 661 g/mol. The normalized spacial score (nSPS) is 13.2. The Hall–Kier alpha value is -2.30. The molecule has 1 aromatic rings. The van der Waals surface area contributed by atoms with Gasteiger partial charge in [-0.15, -0.1) is 0 Å². The van der Waals surface area contributed by atoms with Crippen LogP contribution in [-0.2, 0) is 35.0 Å². The standard InChI is InChI=1S/C24H38N2O6S3.C2HF3O2/c1-5-30-24(29)32-23(17(2)3)31-21(27)14-26-22(28)19(13-18-9-7-6-8-10-18)15-34-35-16-20(25)11-12-33-4;3-2(4,5)1(6)7/h6-10,17,19-20,23H,5,11-16,25H2,1-4H3,(H,26,28);(H,6,7). The number of carboxylic acid groups (broad SMARTS) is 1. The zero-order valence-corrected chi connectivity index (χ0v) is 26.3. The third kappa shape index (κ3) is 19.8. The molecular formula is C26H39F3N2O8S3. The van der Waals surface area contributed by atoms with E-state index in [1.807, 2.05) is 30.3 Å². The molecule has 16 heteroatoms. The maximum Gasteiger partial charge on any atom is 0.511 e. The zero-order chi connectivity index (χ0) is 32.1. The number of hydrogen-bond acceptors (Lipinski definition) is 11. The number of benzene rings is 1. The van der Waals surface area contributed by atoms with E-state index in [0.717, 1.165) is 23.5 Å². The first-order valence-corrected chi connectivity index (χ1v) is 16.7.